The minimum absolute atomic E-state index is 0.157. The molecule has 0 radical (unpaired) electrons. The number of hydrogen-bond acceptors (Lipinski definition) is 4. The molecule has 6 nitrogen and oxygen atoms in total. The van der Waals surface area contributed by atoms with Crippen LogP contribution in [0.4, 0.5) is 0 Å². The summed E-state index contributed by atoms with van der Waals surface area (Å²) in [5.41, 5.74) is 0.474. The van der Waals surface area contributed by atoms with E-state index >= 15 is 0 Å². The Hall–Kier alpha value is -2.37. The van der Waals surface area contributed by atoms with E-state index in [0.717, 1.165) is 25.7 Å². The van der Waals surface area contributed by atoms with Crippen LogP contribution in [0.2, 0.25) is 0 Å². The summed E-state index contributed by atoms with van der Waals surface area (Å²) in [6.45, 7) is 3.32. The van der Waals surface area contributed by atoms with E-state index in [1.807, 2.05) is 19.9 Å². The van der Waals surface area contributed by atoms with Gasteiger partial charge in [0.1, 0.15) is 6.04 Å². The van der Waals surface area contributed by atoms with E-state index < -0.39 is 12.0 Å². The smallest absolute Gasteiger partial charge is 0.329 e. The molecule has 0 aromatic heterocycles. The fraction of sp³-hybridized carbons (Fsp3) is 0.571. The van der Waals surface area contributed by atoms with Gasteiger partial charge in [-0.1, -0.05) is 57.7 Å². The van der Waals surface area contributed by atoms with E-state index in [2.05, 4.69) is 10.6 Å². The molecule has 0 heterocycles. The average molecular weight is 374 g/mol. The lowest BCUT2D eigenvalue weighted by molar-refractivity contribution is -0.151. The predicted molar refractivity (Wildman–Crippen MR) is 103 cm³/mol. The molecule has 1 unspecified atom stereocenters. The number of esters is 1. The highest BCUT2D eigenvalue weighted by atomic mass is 16.5. The van der Waals surface area contributed by atoms with Crippen LogP contribution in [-0.4, -0.2) is 36.5 Å². The predicted octanol–water partition coefficient (Wildman–Crippen LogP) is 2.82. The molecule has 1 atom stereocenters. The summed E-state index contributed by atoms with van der Waals surface area (Å²) >= 11 is 0. The molecule has 1 aromatic carbocycles. The molecular weight excluding hydrogens is 344 g/mol. The molecule has 0 aliphatic heterocycles. The van der Waals surface area contributed by atoms with Crippen LogP contribution in [0.15, 0.2) is 30.3 Å². The number of carbonyl (C=O) groups is 3. The molecule has 0 spiro atoms. The maximum atomic E-state index is 12.4. The van der Waals surface area contributed by atoms with E-state index in [1.54, 1.807) is 24.3 Å². The fourth-order valence-corrected chi connectivity index (χ4v) is 3.23. The first-order valence-corrected chi connectivity index (χ1v) is 9.79. The van der Waals surface area contributed by atoms with Crippen molar-refractivity contribution in [3.05, 3.63) is 35.9 Å². The van der Waals surface area contributed by atoms with Crippen LogP contribution in [0.5, 0.6) is 0 Å². The molecular formula is C21H30N2O4. The normalized spacial score (nSPS) is 16.3. The van der Waals surface area contributed by atoms with Crippen molar-refractivity contribution in [1.29, 1.82) is 0 Å². The second-order valence-electron chi connectivity index (χ2n) is 7.42. The third-order valence-electron chi connectivity index (χ3n) is 4.81. The van der Waals surface area contributed by atoms with Gasteiger partial charge < -0.3 is 15.4 Å². The number of hydrogen-bond donors (Lipinski definition) is 2. The molecule has 0 saturated heterocycles. The lowest BCUT2D eigenvalue weighted by Crippen LogP contribution is -2.46. The summed E-state index contributed by atoms with van der Waals surface area (Å²) in [5, 5.41) is 5.65. The summed E-state index contributed by atoms with van der Waals surface area (Å²) in [7, 11) is 0. The first-order chi connectivity index (χ1) is 13.0. The standard InChI is InChI=1S/C21H30N2O4/c1-15(2)19(23-20(25)16-10-6-5-7-11-16)21(26)27-14-18(24)22-17-12-8-3-4-9-13-17/h5-7,10-11,15,17,19H,3-4,8-9,12-14H2,1-2H3,(H,22,24)(H,23,25). The number of ether oxygens (including phenoxy) is 1. The Morgan fingerprint density at radius 3 is 2.26 bits per heavy atom. The zero-order valence-electron chi connectivity index (χ0n) is 16.2. The van der Waals surface area contributed by atoms with E-state index in [-0.39, 0.29) is 30.4 Å². The monoisotopic (exact) mass is 374 g/mol. The molecule has 1 aliphatic rings. The second-order valence-corrected chi connectivity index (χ2v) is 7.42. The zero-order chi connectivity index (χ0) is 19.6. The number of amides is 2. The number of nitrogens with one attached hydrogen (secondary N) is 2. The van der Waals surface area contributed by atoms with Crippen LogP contribution >= 0.6 is 0 Å². The Kier molecular flexibility index (Phi) is 8.30. The highest BCUT2D eigenvalue weighted by Crippen LogP contribution is 2.17. The number of carbonyl (C=O) groups excluding carboxylic acids is 3. The van der Waals surface area contributed by atoms with Gasteiger partial charge >= 0.3 is 5.97 Å². The molecule has 1 fully saturated rings. The van der Waals surface area contributed by atoms with Gasteiger partial charge in [-0.05, 0) is 30.9 Å². The van der Waals surface area contributed by atoms with Crippen LogP contribution in [0, 0.1) is 5.92 Å². The zero-order valence-corrected chi connectivity index (χ0v) is 16.2. The van der Waals surface area contributed by atoms with E-state index in [4.69, 9.17) is 4.74 Å². The third-order valence-corrected chi connectivity index (χ3v) is 4.81. The van der Waals surface area contributed by atoms with E-state index in [0.29, 0.717) is 5.56 Å². The van der Waals surface area contributed by atoms with Gasteiger partial charge in [-0.2, -0.15) is 0 Å². The molecule has 2 amide bonds. The molecule has 6 heteroatoms. The first-order valence-electron chi connectivity index (χ1n) is 9.79. The summed E-state index contributed by atoms with van der Waals surface area (Å²) < 4.78 is 5.17. The van der Waals surface area contributed by atoms with Gasteiger partial charge in [-0.15, -0.1) is 0 Å². The molecule has 2 rings (SSSR count). The number of rotatable bonds is 7. The van der Waals surface area contributed by atoms with Crippen molar-refractivity contribution in [3.63, 3.8) is 0 Å². The third kappa shape index (κ3) is 7.04. The SMILES string of the molecule is CC(C)C(NC(=O)c1ccccc1)C(=O)OCC(=O)NC1CCCCCC1. The molecule has 1 saturated carbocycles. The van der Waals surface area contributed by atoms with Crippen molar-refractivity contribution in [2.75, 3.05) is 6.61 Å². The summed E-state index contributed by atoms with van der Waals surface area (Å²) in [4.78, 5) is 36.8. The van der Waals surface area contributed by atoms with Gasteiger partial charge in [0.2, 0.25) is 0 Å². The summed E-state index contributed by atoms with van der Waals surface area (Å²) in [5.74, 6) is -1.37. The highest BCUT2D eigenvalue weighted by molar-refractivity contribution is 5.97. The van der Waals surface area contributed by atoms with Crippen molar-refractivity contribution in [2.24, 2.45) is 5.92 Å². The van der Waals surface area contributed by atoms with Crippen LogP contribution in [0.3, 0.4) is 0 Å². The highest BCUT2D eigenvalue weighted by Gasteiger charge is 2.27. The van der Waals surface area contributed by atoms with Gasteiger partial charge in [-0.25, -0.2) is 4.79 Å². The molecule has 0 bridgehead atoms. The first kappa shape index (κ1) is 20.9. The Labute approximate surface area is 161 Å². The van der Waals surface area contributed by atoms with Gasteiger partial charge in [0.05, 0.1) is 0 Å². The summed E-state index contributed by atoms with van der Waals surface area (Å²) in [6.07, 6.45) is 6.59. The average Bonchev–Trinajstić information content (AvgIpc) is 2.93. The Morgan fingerprint density at radius 2 is 1.67 bits per heavy atom. The van der Waals surface area contributed by atoms with Crippen molar-refractivity contribution in [1.82, 2.24) is 10.6 Å². The second kappa shape index (κ2) is 10.7. The Balaban J connectivity index is 1.83. The van der Waals surface area contributed by atoms with Crippen molar-refractivity contribution in [3.8, 4) is 0 Å². The van der Waals surface area contributed by atoms with Gasteiger partial charge in [-0.3, -0.25) is 9.59 Å². The maximum Gasteiger partial charge on any atom is 0.329 e. The topological polar surface area (TPSA) is 84.5 Å². The largest absolute Gasteiger partial charge is 0.454 e. The van der Waals surface area contributed by atoms with Crippen molar-refractivity contribution in [2.45, 2.75) is 64.5 Å². The number of benzene rings is 1. The molecule has 27 heavy (non-hydrogen) atoms. The van der Waals surface area contributed by atoms with Gasteiger partial charge in [0, 0.05) is 11.6 Å². The van der Waals surface area contributed by atoms with Gasteiger partial charge in [0.25, 0.3) is 11.8 Å². The van der Waals surface area contributed by atoms with E-state index in [9.17, 15) is 14.4 Å². The van der Waals surface area contributed by atoms with Crippen molar-refractivity contribution >= 4 is 17.8 Å². The van der Waals surface area contributed by atoms with E-state index in [1.165, 1.54) is 12.8 Å². The molecule has 1 aromatic rings. The lowest BCUT2D eigenvalue weighted by atomic mass is 10.0. The Bertz CT molecular complexity index is 622. The van der Waals surface area contributed by atoms with Crippen LogP contribution in [-0.2, 0) is 14.3 Å². The lowest BCUT2D eigenvalue weighted by Gasteiger charge is -2.21. The minimum Gasteiger partial charge on any atom is -0.454 e. The molecule has 148 valence electrons. The van der Waals surface area contributed by atoms with Crippen LogP contribution in [0.1, 0.15) is 62.7 Å². The van der Waals surface area contributed by atoms with Crippen LogP contribution < -0.4 is 10.6 Å². The van der Waals surface area contributed by atoms with Gasteiger partial charge in [0.15, 0.2) is 6.61 Å². The maximum absolute atomic E-state index is 12.4. The summed E-state index contributed by atoms with van der Waals surface area (Å²) in [6, 6.07) is 8.06. The quantitative estimate of drug-likeness (QED) is 0.568. The van der Waals surface area contributed by atoms with Crippen molar-refractivity contribution < 1.29 is 19.1 Å². The fourth-order valence-electron chi connectivity index (χ4n) is 3.23. The Morgan fingerprint density at radius 1 is 1.04 bits per heavy atom. The van der Waals surface area contributed by atoms with Crippen LogP contribution in [0.25, 0.3) is 0 Å². The minimum atomic E-state index is -0.802. The molecule has 2 N–H and O–H groups in total. The molecule has 1 aliphatic carbocycles.